The first-order valence-corrected chi connectivity index (χ1v) is 9.00. The predicted octanol–water partition coefficient (Wildman–Crippen LogP) is 1.45. The quantitative estimate of drug-likeness (QED) is 0.827. The van der Waals surface area contributed by atoms with Crippen molar-refractivity contribution in [3.8, 4) is 0 Å². The minimum absolute atomic E-state index is 0.0452. The Labute approximate surface area is 142 Å². The van der Waals surface area contributed by atoms with Crippen LogP contribution < -0.4 is 4.90 Å². The Bertz CT molecular complexity index is 681. The van der Waals surface area contributed by atoms with Gasteiger partial charge in [-0.05, 0) is 44.0 Å². The molecule has 2 aliphatic heterocycles. The Morgan fingerprint density at radius 2 is 2.12 bits per heavy atom. The molecule has 0 radical (unpaired) electrons. The van der Waals surface area contributed by atoms with E-state index in [0.717, 1.165) is 50.7 Å². The van der Waals surface area contributed by atoms with Gasteiger partial charge in [0.05, 0.1) is 19.7 Å². The van der Waals surface area contributed by atoms with Crippen LogP contribution in [0.15, 0.2) is 18.5 Å². The highest BCUT2D eigenvalue weighted by Crippen LogP contribution is 2.38. The van der Waals surface area contributed by atoms with Crippen molar-refractivity contribution >= 4 is 11.5 Å². The lowest BCUT2D eigenvalue weighted by Gasteiger charge is -2.53. The summed E-state index contributed by atoms with van der Waals surface area (Å²) in [6, 6.07) is 3.98. The van der Waals surface area contributed by atoms with E-state index in [1.807, 2.05) is 12.1 Å². The van der Waals surface area contributed by atoms with E-state index in [4.69, 9.17) is 4.74 Å². The van der Waals surface area contributed by atoms with Crippen molar-refractivity contribution in [1.29, 1.82) is 0 Å². The zero-order chi connectivity index (χ0) is 16.6. The fraction of sp³-hybridized carbons (Fsp3) is 0.706. The lowest BCUT2D eigenvalue weighted by Crippen LogP contribution is -2.65. The second-order valence-electron chi connectivity index (χ2n) is 7.07. The van der Waals surface area contributed by atoms with Crippen molar-refractivity contribution in [1.82, 2.24) is 24.7 Å². The van der Waals surface area contributed by atoms with Gasteiger partial charge in [-0.3, -0.25) is 0 Å². The predicted molar refractivity (Wildman–Crippen MR) is 92.2 cm³/mol. The topological polar surface area (TPSA) is 58.8 Å². The van der Waals surface area contributed by atoms with Gasteiger partial charge in [-0.15, -0.1) is 15.3 Å². The summed E-state index contributed by atoms with van der Waals surface area (Å²) in [5, 5.41) is 12.4. The number of anilines is 1. The molecule has 130 valence electrons. The van der Waals surface area contributed by atoms with Crippen molar-refractivity contribution < 1.29 is 4.74 Å². The normalized spacial score (nSPS) is 23.1. The van der Waals surface area contributed by atoms with E-state index >= 15 is 0 Å². The van der Waals surface area contributed by atoms with E-state index < -0.39 is 0 Å². The van der Waals surface area contributed by atoms with E-state index in [1.165, 1.54) is 13.0 Å². The van der Waals surface area contributed by atoms with Crippen LogP contribution in [0, 0.1) is 5.92 Å². The van der Waals surface area contributed by atoms with Gasteiger partial charge in [-0.1, -0.05) is 13.8 Å². The van der Waals surface area contributed by atoms with Gasteiger partial charge < -0.3 is 14.5 Å². The Balaban J connectivity index is 1.32. The van der Waals surface area contributed by atoms with E-state index in [2.05, 4.69) is 38.9 Å². The number of nitrogens with zero attached hydrogens (tertiary/aromatic N) is 6. The lowest BCUT2D eigenvalue weighted by atomic mass is 9.83. The van der Waals surface area contributed by atoms with Gasteiger partial charge >= 0.3 is 0 Å². The Morgan fingerprint density at radius 1 is 1.29 bits per heavy atom. The van der Waals surface area contributed by atoms with Crippen LogP contribution in [0.3, 0.4) is 0 Å². The monoisotopic (exact) mass is 330 g/mol. The molecule has 4 rings (SSSR count). The molecule has 2 fully saturated rings. The summed E-state index contributed by atoms with van der Waals surface area (Å²) in [5.74, 6) is 1.65. The van der Waals surface area contributed by atoms with Crippen molar-refractivity contribution in [3.63, 3.8) is 0 Å². The molecule has 0 N–H and O–H groups in total. The molecule has 0 bridgehead atoms. The standard InChI is InChI=1S/C17H26N6O/c1-3-21(4-2)9-14-7-8-17(24-10-14)11-22(12-17)16-6-5-15-19-18-13-23(15)20-16/h5-6,13-14H,3-4,7-12H2,1-2H3/t14-/m0/s1. The largest absolute Gasteiger partial charge is 0.371 e. The molecule has 2 aromatic rings. The summed E-state index contributed by atoms with van der Waals surface area (Å²) in [4.78, 5) is 4.78. The first kappa shape index (κ1) is 15.8. The average molecular weight is 330 g/mol. The van der Waals surface area contributed by atoms with E-state index in [-0.39, 0.29) is 5.60 Å². The molecule has 7 heteroatoms. The first-order chi connectivity index (χ1) is 11.7. The van der Waals surface area contributed by atoms with E-state index in [9.17, 15) is 0 Å². The van der Waals surface area contributed by atoms with Crippen molar-refractivity contribution in [2.75, 3.05) is 44.2 Å². The SMILES string of the molecule is CCN(CC)C[C@@H]1CCC2(CN(c3ccc4nncn4n3)C2)OC1. The lowest BCUT2D eigenvalue weighted by molar-refractivity contribution is -0.119. The third-order valence-electron chi connectivity index (χ3n) is 5.47. The molecular formula is C17H26N6O. The molecule has 0 unspecified atom stereocenters. The number of fused-ring (bicyclic) bond motifs is 1. The van der Waals surface area contributed by atoms with Crippen LogP contribution in [0.1, 0.15) is 26.7 Å². The van der Waals surface area contributed by atoms with Gasteiger partial charge in [0.15, 0.2) is 5.65 Å². The summed E-state index contributed by atoms with van der Waals surface area (Å²) in [5.41, 5.74) is 0.825. The Morgan fingerprint density at radius 3 is 2.83 bits per heavy atom. The molecule has 1 spiro atoms. The maximum atomic E-state index is 6.30. The van der Waals surface area contributed by atoms with Gasteiger partial charge in [0.25, 0.3) is 0 Å². The summed E-state index contributed by atoms with van der Waals surface area (Å²) in [6.45, 7) is 10.7. The fourth-order valence-electron chi connectivity index (χ4n) is 3.86. The summed E-state index contributed by atoms with van der Waals surface area (Å²) >= 11 is 0. The van der Waals surface area contributed by atoms with Crippen LogP contribution in [0.2, 0.25) is 0 Å². The second kappa shape index (κ2) is 6.29. The smallest absolute Gasteiger partial charge is 0.177 e. The molecule has 4 heterocycles. The molecule has 0 aromatic carbocycles. The Hall–Kier alpha value is -1.73. The van der Waals surface area contributed by atoms with Gasteiger partial charge in [0.2, 0.25) is 0 Å². The average Bonchev–Trinajstić information content (AvgIpc) is 3.06. The van der Waals surface area contributed by atoms with Crippen LogP contribution in [-0.2, 0) is 4.74 Å². The zero-order valence-electron chi connectivity index (χ0n) is 14.6. The van der Waals surface area contributed by atoms with Crippen molar-refractivity contribution in [3.05, 3.63) is 18.5 Å². The molecule has 2 saturated heterocycles. The molecule has 24 heavy (non-hydrogen) atoms. The zero-order valence-corrected chi connectivity index (χ0v) is 14.6. The fourth-order valence-corrected chi connectivity index (χ4v) is 3.86. The second-order valence-corrected chi connectivity index (χ2v) is 7.07. The number of aromatic nitrogens is 4. The minimum atomic E-state index is 0.0452. The van der Waals surface area contributed by atoms with Gasteiger partial charge in [0.1, 0.15) is 17.7 Å². The molecule has 7 nitrogen and oxygen atoms in total. The molecule has 2 aromatic heterocycles. The minimum Gasteiger partial charge on any atom is -0.371 e. The Kier molecular flexibility index (Phi) is 4.14. The third-order valence-corrected chi connectivity index (χ3v) is 5.47. The number of hydrogen-bond donors (Lipinski definition) is 0. The number of ether oxygens (including phenoxy) is 1. The summed E-state index contributed by atoms with van der Waals surface area (Å²) < 4.78 is 8.02. The molecule has 0 amide bonds. The van der Waals surface area contributed by atoms with Crippen LogP contribution in [0.25, 0.3) is 5.65 Å². The van der Waals surface area contributed by atoms with Crippen LogP contribution >= 0.6 is 0 Å². The highest BCUT2D eigenvalue weighted by atomic mass is 16.5. The molecule has 0 aliphatic carbocycles. The van der Waals surface area contributed by atoms with E-state index in [0.29, 0.717) is 5.92 Å². The maximum Gasteiger partial charge on any atom is 0.177 e. The van der Waals surface area contributed by atoms with Crippen LogP contribution in [-0.4, -0.2) is 69.6 Å². The van der Waals surface area contributed by atoms with Crippen LogP contribution in [0.4, 0.5) is 5.82 Å². The van der Waals surface area contributed by atoms with Gasteiger partial charge in [0, 0.05) is 6.54 Å². The molecule has 1 atom stereocenters. The van der Waals surface area contributed by atoms with Gasteiger partial charge in [-0.2, -0.15) is 4.52 Å². The third kappa shape index (κ3) is 2.86. The molecular weight excluding hydrogens is 304 g/mol. The number of rotatable bonds is 5. The van der Waals surface area contributed by atoms with Gasteiger partial charge in [-0.25, -0.2) is 0 Å². The van der Waals surface area contributed by atoms with E-state index in [1.54, 1.807) is 10.8 Å². The number of hydrogen-bond acceptors (Lipinski definition) is 6. The first-order valence-electron chi connectivity index (χ1n) is 9.00. The van der Waals surface area contributed by atoms with Crippen molar-refractivity contribution in [2.45, 2.75) is 32.3 Å². The summed E-state index contributed by atoms with van der Waals surface area (Å²) in [6.07, 6.45) is 4.07. The molecule has 0 saturated carbocycles. The van der Waals surface area contributed by atoms with Crippen molar-refractivity contribution in [2.24, 2.45) is 5.92 Å². The molecule has 2 aliphatic rings. The highest BCUT2D eigenvalue weighted by molar-refractivity contribution is 5.48. The summed E-state index contributed by atoms with van der Waals surface area (Å²) in [7, 11) is 0. The highest BCUT2D eigenvalue weighted by Gasteiger charge is 2.47. The van der Waals surface area contributed by atoms with Crippen LogP contribution in [0.5, 0.6) is 0 Å². The maximum absolute atomic E-state index is 6.30.